The van der Waals surface area contributed by atoms with Crippen LogP contribution in [0, 0.1) is 5.82 Å². The summed E-state index contributed by atoms with van der Waals surface area (Å²) in [6.07, 6.45) is 2.59. The Kier molecular flexibility index (Phi) is 4.65. The van der Waals surface area contributed by atoms with Crippen LogP contribution in [-0.2, 0) is 6.61 Å². The highest BCUT2D eigenvalue weighted by Crippen LogP contribution is 2.33. The van der Waals surface area contributed by atoms with E-state index in [-0.39, 0.29) is 12.4 Å². The Labute approximate surface area is 169 Å². The van der Waals surface area contributed by atoms with Crippen LogP contribution in [0.2, 0.25) is 0 Å². The minimum absolute atomic E-state index is 0.147. The zero-order valence-electron chi connectivity index (χ0n) is 15.4. The van der Waals surface area contributed by atoms with Crippen molar-refractivity contribution in [1.82, 2.24) is 25.7 Å². The number of amidine groups is 1. The molecule has 0 bridgehead atoms. The third-order valence-electron chi connectivity index (χ3n) is 4.58. The smallest absolute Gasteiger partial charge is 0.165 e. The standard InChI is InChI=1S/C20H17FN6OS/c21-15-8-13(3-5-17(15)28-11-14-10-24-27-26-14)20-25-16-4-2-12(9-18(16)29-20)19-22-6-1-7-23-19/h2-5,8-10H,1,6-7,11H2,(H,22,23)(H,24,26,27). The van der Waals surface area contributed by atoms with Gasteiger partial charge in [0, 0.05) is 24.2 Å². The van der Waals surface area contributed by atoms with Gasteiger partial charge in [0.25, 0.3) is 0 Å². The van der Waals surface area contributed by atoms with Gasteiger partial charge < -0.3 is 10.1 Å². The van der Waals surface area contributed by atoms with Gasteiger partial charge in [-0.3, -0.25) is 4.99 Å². The van der Waals surface area contributed by atoms with Crippen LogP contribution in [0.1, 0.15) is 17.7 Å². The van der Waals surface area contributed by atoms with E-state index in [9.17, 15) is 4.39 Å². The van der Waals surface area contributed by atoms with E-state index in [4.69, 9.17) is 4.74 Å². The number of hydrogen-bond donors (Lipinski definition) is 2. The number of H-pyrrole nitrogens is 1. The molecular weight excluding hydrogens is 391 g/mol. The highest BCUT2D eigenvalue weighted by Gasteiger charge is 2.13. The Morgan fingerprint density at radius 2 is 2.07 bits per heavy atom. The summed E-state index contributed by atoms with van der Waals surface area (Å²) >= 11 is 1.53. The predicted molar refractivity (Wildman–Crippen MR) is 110 cm³/mol. The largest absolute Gasteiger partial charge is 0.484 e. The number of nitrogens with one attached hydrogen (secondary N) is 2. The molecule has 3 heterocycles. The molecule has 5 rings (SSSR count). The molecule has 0 atom stereocenters. The van der Waals surface area contributed by atoms with Crippen LogP contribution in [0.25, 0.3) is 20.8 Å². The fourth-order valence-electron chi connectivity index (χ4n) is 3.12. The molecule has 0 aliphatic carbocycles. The number of rotatable bonds is 5. The molecule has 2 aromatic heterocycles. The predicted octanol–water partition coefficient (Wildman–Crippen LogP) is 3.54. The maximum absolute atomic E-state index is 14.5. The summed E-state index contributed by atoms with van der Waals surface area (Å²) in [5.41, 5.74) is 3.26. The molecule has 146 valence electrons. The number of nitrogens with zero attached hydrogens (tertiary/aromatic N) is 4. The Morgan fingerprint density at radius 1 is 1.14 bits per heavy atom. The lowest BCUT2D eigenvalue weighted by molar-refractivity contribution is 0.286. The minimum atomic E-state index is -0.438. The lowest BCUT2D eigenvalue weighted by Crippen LogP contribution is -2.30. The molecule has 4 aromatic rings. The van der Waals surface area contributed by atoms with Crippen LogP contribution in [0.5, 0.6) is 5.75 Å². The van der Waals surface area contributed by atoms with Gasteiger partial charge in [-0.05, 0) is 42.8 Å². The van der Waals surface area contributed by atoms with E-state index >= 15 is 0 Å². The van der Waals surface area contributed by atoms with Crippen LogP contribution in [0.15, 0.2) is 47.6 Å². The molecule has 9 heteroatoms. The second-order valence-corrected chi connectivity index (χ2v) is 7.64. The molecule has 1 aliphatic rings. The molecule has 29 heavy (non-hydrogen) atoms. The molecule has 0 radical (unpaired) electrons. The summed E-state index contributed by atoms with van der Waals surface area (Å²) in [4.78, 5) is 9.20. The first-order valence-corrected chi connectivity index (χ1v) is 10.0. The minimum Gasteiger partial charge on any atom is -0.484 e. The van der Waals surface area contributed by atoms with Crippen molar-refractivity contribution in [3.63, 3.8) is 0 Å². The van der Waals surface area contributed by atoms with Crippen molar-refractivity contribution in [1.29, 1.82) is 0 Å². The van der Waals surface area contributed by atoms with E-state index < -0.39 is 5.82 Å². The van der Waals surface area contributed by atoms with Gasteiger partial charge in [0.2, 0.25) is 0 Å². The SMILES string of the molecule is Fc1cc(-c2nc3ccc(C4=NCCCN4)cc3s2)ccc1OCc1cn[nH]n1. The zero-order valence-corrected chi connectivity index (χ0v) is 16.2. The van der Waals surface area contributed by atoms with Crippen molar-refractivity contribution < 1.29 is 9.13 Å². The summed E-state index contributed by atoms with van der Waals surface area (Å²) in [7, 11) is 0. The van der Waals surface area contributed by atoms with E-state index in [1.165, 1.54) is 23.6 Å². The summed E-state index contributed by atoms with van der Waals surface area (Å²) < 4.78 is 21.0. The van der Waals surface area contributed by atoms with Gasteiger partial charge in [-0.25, -0.2) is 9.37 Å². The quantitative estimate of drug-likeness (QED) is 0.527. The molecule has 0 saturated carbocycles. The first-order valence-electron chi connectivity index (χ1n) is 9.23. The van der Waals surface area contributed by atoms with Gasteiger partial charge >= 0.3 is 0 Å². The van der Waals surface area contributed by atoms with Crippen LogP contribution < -0.4 is 10.1 Å². The first-order chi connectivity index (χ1) is 14.3. The highest BCUT2D eigenvalue weighted by atomic mass is 32.1. The van der Waals surface area contributed by atoms with E-state index in [1.807, 2.05) is 18.2 Å². The van der Waals surface area contributed by atoms with Crippen molar-refractivity contribution in [2.75, 3.05) is 13.1 Å². The van der Waals surface area contributed by atoms with E-state index in [2.05, 4.69) is 36.8 Å². The normalized spacial score (nSPS) is 13.9. The molecular formula is C20H17FN6OS. The Bertz CT molecular complexity index is 1190. The van der Waals surface area contributed by atoms with E-state index in [0.29, 0.717) is 11.3 Å². The summed E-state index contributed by atoms with van der Waals surface area (Å²) in [6.45, 7) is 1.93. The Hall–Kier alpha value is -3.33. The van der Waals surface area contributed by atoms with Gasteiger partial charge in [-0.15, -0.1) is 11.3 Å². The molecule has 7 nitrogen and oxygen atoms in total. The third-order valence-corrected chi connectivity index (χ3v) is 5.65. The van der Waals surface area contributed by atoms with Gasteiger partial charge in [-0.1, -0.05) is 0 Å². The molecule has 0 spiro atoms. The Balaban J connectivity index is 1.39. The number of aliphatic imine (C=N–C) groups is 1. The summed E-state index contributed by atoms with van der Waals surface area (Å²) in [5.74, 6) is 0.654. The van der Waals surface area contributed by atoms with Crippen molar-refractivity contribution in [2.24, 2.45) is 4.99 Å². The van der Waals surface area contributed by atoms with E-state index in [1.54, 1.807) is 6.07 Å². The maximum atomic E-state index is 14.5. The summed E-state index contributed by atoms with van der Waals surface area (Å²) in [6, 6.07) is 11.0. The Morgan fingerprint density at radius 3 is 2.86 bits per heavy atom. The van der Waals surface area contributed by atoms with Crippen LogP contribution in [0.4, 0.5) is 4.39 Å². The number of ether oxygens (including phenoxy) is 1. The van der Waals surface area contributed by atoms with Gasteiger partial charge in [-0.2, -0.15) is 15.4 Å². The molecule has 0 amide bonds. The van der Waals surface area contributed by atoms with Crippen molar-refractivity contribution in [3.8, 4) is 16.3 Å². The fraction of sp³-hybridized carbons (Fsp3) is 0.200. The molecule has 2 N–H and O–H groups in total. The molecule has 2 aromatic carbocycles. The number of thiazole rings is 1. The lowest BCUT2D eigenvalue weighted by Gasteiger charge is -2.14. The number of benzene rings is 2. The van der Waals surface area contributed by atoms with Crippen molar-refractivity contribution in [3.05, 3.63) is 59.7 Å². The van der Waals surface area contributed by atoms with Crippen LogP contribution >= 0.6 is 11.3 Å². The molecule has 0 fully saturated rings. The average Bonchev–Trinajstić information content (AvgIpc) is 3.42. The molecule has 0 saturated heterocycles. The lowest BCUT2D eigenvalue weighted by atomic mass is 10.1. The topological polar surface area (TPSA) is 88.1 Å². The number of halogens is 1. The van der Waals surface area contributed by atoms with Crippen molar-refractivity contribution in [2.45, 2.75) is 13.0 Å². The number of aromatic amines is 1. The maximum Gasteiger partial charge on any atom is 0.165 e. The first kappa shape index (κ1) is 17.7. The second-order valence-electron chi connectivity index (χ2n) is 6.61. The van der Waals surface area contributed by atoms with Crippen molar-refractivity contribution >= 4 is 27.4 Å². The van der Waals surface area contributed by atoms with Gasteiger partial charge in [0.05, 0.1) is 16.4 Å². The number of aromatic nitrogens is 4. The second kappa shape index (κ2) is 7.59. The van der Waals surface area contributed by atoms with Crippen LogP contribution in [0.3, 0.4) is 0 Å². The third kappa shape index (κ3) is 3.68. The van der Waals surface area contributed by atoms with Crippen LogP contribution in [-0.4, -0.2) is 39.3 Å². The van der Waals surface area contributed by atoms with Gasteiger partial charge in [0.15, 0.2) is 11.6 Å². The zero-order chi connectivity index (χ0) is 19.6. The fourth-order valence-corrected chi connectivity index (χ4v) is 4.12. The molecule has 1 aliphatic heterocycles. The van der Waals surface area contributed by atoms with Gasteiger partial charge in [0.1, 0.15) is 23.1 Å². The number of hydrogen-bond acceptors (Lipinski definition) is 7. The number of fused-ring (bicyclic) bond motifs is 1. The summed E-state index contributed by atoms with van der Waals surface area (Å²) in [5, 5.41) is 14.2. The molecule has 0 unspecified atom stereocenters. The average molecular weight is 408 g/mol. The highest BCUT2D eigenvalue weighted by molar-refractivity contribution is 7.21. The van der Waals surface area contributed by atoms with E-state index in [0.717, 1.165) is 46.1 Å². The monoisotopic (exact) mass is 408 g/mol.